The predicted molar refractivity (Wildman–Crippen MR) is 106 cm³/mol. The van der Waals surface area contributed by atoms with Crippen molar-refractivity contribution >= 4 is 23.2 Å². The van der Waals surface area contributed by atoms with E-state index in [0.717, 1.165) is 36.4 Å². The predicted octanol–water partition coefficient (Wildman–Crippen LogP) is 2.76. The lowest BCUT2D eigenvalue weighted by Gasteiger charge is -2.36. The molecule has 4 atom stereocenters. The molecule has 0 radical (unpaired) electrons. The number of thiazole rings is 1. The van der Waals surface area contributed by atoms with Crippen molar-refractivity contribution in [3.8, 4) is 10.7 Å². The monoisotopic (exact) mass is 413 g/mol. The summed E-state index contributed by atoms with van der Waals surface area (Å²) in [7, 11) is 0. The third-order valence-corrected chi connectivity index (χ3v) is 7.82. The van der Waals surface area contributed by atoms with Gasteiger partial charge < -0.3 is 10.0 Å². The molecule has 1 aliphatic heterocycles. The first-order chi connectivity index (χ1) is 14.0. The number of carbonyl (C=O) groups is 2. The van der Waals surface area contributed by atoms with Crippen LogP contribution in [0.4, 0.5) is 0 Å². The van der Waals surface area contributed by atoms with Gasteiger partial charge in [-0.05, 0) is 44.4 Å². The number of rotatable bonds is 6. The highest BCUT2D eigenvalue weighted by molar-refractivity contribution is 7.13. The fourth-order valence-corrected chi connectivity index (χ4v) is 6.08. The molecule has 2 saturated carbocycles. The number of fused-ring (bicyclic) bond motifs is 1. The van der Waals surface area contributed by atoms with E-state index in [0.29, 0.717) is 19.4 Å². The Morgan fingerprint density at radius 2 is 2.28 bits per heavy atom. The summed E-state index contributed by atoms with van der Waals surface area (Å²) in [4.78, 5) is 31.6. The first kappa shape index (κ1) is 18.5. The van der Waals surface area contributed by atoms with Crippen LogP contribution in [0.3, 0.4) is 0 Å². The summed E-state index contributed by atoms with van der Waals surface area (Å²) in [5.41, 5.74) is -0.825. The van der Waals surface area contributed by atoms with Crippen molar-refractivity contribution in [2.75, 3.05) is 6.54 Å². The maximum atomic E-state index is 13.5. The van der Waals surface area contributed by atoms with E-state index in [4.69, 9.17) is 0 Å². The molecule has 0 spiro atoms. The van der Waals surface area contributed by atoms with Gasteiger partial charge in [0.1, 0.15) is 16.2 Å². The number of amides is 1. The summed E-state index contributed by atoms with van der Waals surface area (Å²) < 4.78 is 1.88. The molecule has 5 rings (SSSR count). The van der Waals surface area contributed by atoms with Gasteiger partial charge in [0.15, 0.2) is 0 Å². The first-order valence-corrected chi connectivity index (χ1v) is 10.9. The average molecular weight is 414 g/mol. The number of likely N-dealkylation sites (tertiary alicyclic amines) is 1. The standard InChI is InChI=1S/C20H23N5O3S/c1-2-5-20(18(27)28)6-3-9-24(20)17(26)19-7-4-15(13(19)11-19)25-12-14(22-23-25)16-21-8-10-29-16/h2,8,10,12-13,15H,1,3-7,9,11H2,(H,27,28)/t13-,15-,19+,20?/m0/s1. The van der Waals surface area contributed by atoms with Crippen molar-refractivity contribution in [1.29, 1.82) is 0 Å². The number of carbonyl (C=O) groups excluding carboxylic acids is 1. The molecule has 3 fully saturated rings. The molecule has 1 N–H and O–H groups in total. The van der Waals surface area contributed by atoms with Crippen LogP contribution in [0.1, 0.15) is 44.6 Å². The summed E-state index contributed by atoms with van der Waals surface area (Å²) in [6.45, 7) is 4.23. The van der Waals surface area contributed by atoms with Crippen molar-refractivity contribution in [1.82, 2.24) is 24.9 Å². The van der Waals surface area contributed by atoms with Gasteiger partial charge in [-0.25, -0.2) is 14.5 Å². The molecule has 152 valence electrons. The van der Waals surface area contributed by atoms with Gasteiger partial charge in [-0.1, -0.05) is 11.3 Å². The minimum absolute atomic E-state index is 0.00649. The van der Waals surface area contributed by atoms with Crippen LogP contribution in [0.15, 0.2) is 30.4 Å². The maximum Gasteiger partial charge on any atom is 0.329 e. The average Bonchev–Trinajstić information content (AvgIpc) is 3.27. The Kier molecular flexibility index (Phi) is 4.13. The molecule has 2 aliphatic carbocycles. The Hall–Kier alpha value is -2.55. The smallest absolute Gasteiger partial charge is 0.329 e. The van der Waals surface area contributed by atoms with Crippen molar-refractivity contribution in [2.45, 2.75) is 50.1 Å². The second-order valence-electron chi connectivity index (χ2n) is 8.38. The van der Waals surface area contributed by atoms with Crippen LogP contribution in [-0.2, 0) is 9.59 Å². The molecule has 3 aliphatic rings. The molecule has 1 unspecified atom stereocenters. The lowest BCUT2D eigenvalue weighted by atomic mass is 9.90. The van der Waals surface area contributed by atoms with E-state index in [1.165, 1.54) is 11.3 Å². The number of carboxylic acid groups (broad SMARTS) is 1. The number of carboxylic acids is 1. The lowest BCUT2D eigenvalue weighted by molar-refractivity contribution is -0.158. The molecule has 8 nitrogen and oxygen atoms in total. The highest BCUT2D eigenvalue weighted by atomic mass is 32.1. The van der Waals surface area contributed by atoms with Crippen LogP contribution in [0.25, 0.3) is 10.7 Å². The van der Waals surface area contributed by atoms with Crippen LogP contribution in [-0.4, -0.2) is 53.9 Å². The lowest BCUT2D eigenvalue weighted by Crippen LogP contribution is -2.55. The highest BCUT2D eigenvalue weighted by Crippen LogP contribution is 2.68. The number of aliphatic carboxylic acids is 1. The van der Waals surface area contributed by atoms with E-state index in [2.05, 4.69) is 21.9 Å². The van der Waals surface area contributed by atoms with Gasteiger partial charge in [0.2, 0.25) is 5.91 Å². The van der Waals surface area contributed by atoms with Gasteiger partial charge in [-0.3, -0.25) is 4.79 Å². The summed E-state index contributed by atoms with van der Waals surface area (Å²) in [5, 5.41) is 21.2. The number of nitrogens with zero attached hydrogens (tertiary/aromatic N) is 5. The summed E-state index contributed by atoms with van der Waals surface area (Å²) in [6, 6.07) is 0.126. The Balaban J connectivity index is 1.37. The van der Waals surface area contributed by atoms with Crippen molar-refractivity contribution < 1.29 is 14.7 Å². The summed E-state index contributed by atoms with van der Waals surface area (Å²) in [6.07, 6.45) is 9.20. The van der Waals surface area contributed by atoms with E-state index < -0.39 is 16.9 Å². The fourth-order valence-electron chi connectivity index (χ4n) is 5.49. The Labute approximate surface area is 172 Å². The van der Waals surface area contributed by atoms with Gasteiger partial charge in [-0.15, -0.1) is 23.0 Å². The molecular formula is C20H23N5O3S. The van der Waals surface area contributed by atoms with E-state index in [-0.39, 0.29) is 17.9 Å². The van der Waals surface area contributed by atoms with Gasteiger partial charge in [0, 0.05) is 18.1 Å². The fraction of sp³-hybridized carbons (Fsp3) is 0.550. The molecule has 1 saturated heterocycles. The second-order valence-corrected chi connectivity index (χ2v) is 9.28. The molecule has 29 heavy (non-hydrogen) atoms. The zero-order valence-corrected chi connectivity index (χ0v) is 16.8. The molecule has 3 heterocycles. The van der Waals surface area contributed by atoms with Crippen LogP contribution >= 0.6 is 11.3 Å². The summed E-state index contributed by atoms with van der Waals surface area (Å²) >= 11 is 1.52. The SMILES string of the molecule is C=CCC1(C(=O)O)CCCN1C(=O)[C@@]12CC[C@H](n3cc(-c4nccs4)nn3)[C@@H]1C2. The van der Waals surface area contributed by atoms with Crippen molar-refractivity contribution in [2.24, 2.45) is 11.3 Å². The molecule has 0 bridgehead atoms. The largest absolute Gasteiger partial charge is 0.479 e. The minimum Gasteiger partial charge on any atom is -0.479 e. The molecular weight excluding hydrogens is 390 g/mol. The molecule has 2 aromatic heterocycles. The number of hydrogen-bond acceptors (Lipinski definition) is 6. The second kappa shape index (κ2) is 6.48. The topological polar surface area (TPSA) is 101 Å². The first-order valence-electron chi connectivity index (χ1n) is 10.00. The van der Waals surface area contributed by atoms with Gasteiger partial charge >= 0.3 is 5.97 Å². The third-order valence-electron chi connectivity index (χ3n) is 7.03. The molecule has 0 aromatic carbocycles. The number of hydrogen-bond donors (Lipinski definition) is 1. The van der Waals surface area contributed by atoms with Crippen molar-refractivity contribution in [3.63, 3.8) is 0 Å². The zero-order valence-electron chi connectivity index (χ0n) is 16.0. The van der Waals surface area contributed by atoms with Gasteiger partial charge in [-0.2, -0.15) is 0 Å². The van der Waals surface area contributed by atoms with Gasteiger partial charge in [0.25, 0.3) is 0 Å². The summed E-state index contributed by atoms with van der Waals surface area (Å²) in [5.74, 6) is -0.723. The van der Waals surface area contributed by atoms with E-state index >= 15 is 0 Å². The highest BCUT2D eigenvalue weighted by Gasteiger charge is 2.69. The van der Waals surface area contributed by atoms with Crippen LogP contribution in [0.2, 0.25) is 0 Å². The normalized spacial score (nSPS) is 32.9. The molecule has 9 heteroatoms. The van der Waals surface area contributed by atoms with E-state index in [9.17, 15) is 14.7 Å². The maximum absolute atomic E-state index is 13.5. The zero-order chi connectivity index (χ0) is 20.2. The Morgan fingerprint density at radius 3 is 2.97 bits per heavy atom. The van der Waals surface area contributed by atoms with Crippen LogP contribution in [0.5, 0.6) is 0 Å². The third kappa shape index (κ3) is 2.59. The van der Waals surface area contributed by atoms with Crippen LogP contribution in [0, 0.1) is 11.3 Å². The Morgan fingerprint density at radius 1 is 1.41 bits per heavy atom. The quantitative estimate of drug-likeness (QED) is 0.731. The van der Waals surface area contributed by atoms with E-state index in [1.54, 1.807) is 17.2 Å². The van der Waals surface area contributed by atoms with E-state index in [1.807, 2.05) is 16.3 Å². The minimum atomic E-state index is -1.13. The van der Waals surface area contributed by atoms with Gasteiger partial charge in [0.05, 0.1) is 17.7 Å². The molecule has 1 amide bonds. The molecule has 2 aromatic rings. The van der Waals surface area contributed by atoms with Crippen LogP contribution < -0.4 is 0 Å². The van der Waals surface area contributed by atoms with Crippen molar-refractivity contribution in [3.05, 3.63) is 30.4 Å². The Bertz CT molecular complexity index is 973. The number of aromatic nitrogens is 4.